The van der Waals surface area contributed by atoms with E-state index in [-0.39, 0.29) is 10.8 Å². The molecule has 1 aromatic carbocycles. The number of benzene rings is 1. The van der Waals surface area contributed by atoms with Crippen LogP contribution in [0.1, 0.15) is 5.56 Å². The molecule has 0 fully saturated rings. The molecule has 8 heteroatoms. The lowest BCUT2D eigenvalue weighted by Gasteiger charge is -2.14. The minimum atomic E-state index is -3.45. The summed E-state index contributed by atoms with van der Waals surface area (Å²) in [6.07, 6.45) is 0. The van der Waals surface area contributed by atoms with Gasteiger partial charge in [0, 0.05) is 25.3 Å². The summed E-state index contributed by atoms with van der Waals surface area (Å²) in [4.78, 5) is 13.4. The molecule has 2 N–H and O–H groups in total. The molecule has 130 valence electrons. The average Bonchev–Trinajstić information content (AvgIpc) is 3.00. The molecule has 1 atom stereocenters. The third-order valence-electron chi connectivity index (χ3n) is 3.46. The van der Waals surface area contributed by atoms with E-state index < -0.39 is 10.0 Å². The van der Waals surface area contributed by atoms with Crippen LogP contribution in [0.25, 0.3) is 0 Å². The number of carbonyl (C=O) groups excluding carboxylic acids is 1. The summed E-state index contributed by atoms with van der Waals surface area (Å²) in [5.74, 6) is -0.106. The number of rotatable bonds is 7. The van der Waals surface area contributed by atoms with Crippen LogP contribution in [0.15, 0.2) is 46.0 Å². The summed E-state index contributed by atoms with van der Waals surface area (Å²) in [6, 6.07) is 8.24. The number of sulfonamides is 1. The number of anilines is 1. The quantitative estimate of drug-likeness (QED) is 0.754. The second-order valence-corrected chi connectivity index (χ2v) is 8.73. The highest BCUT2D eigenvalue weighted by atomic mass is 32.2. The molecule has 0 aliphatic heterocycles. The number of quaternary nitrogens is 1. The standard InChI is InChI=1S/C16H21N3O3S2/c1-18(2)24(21,22)15-6-4-14(5-7-15)17-16(20)11-19(3)10-13-8-9-23-12-13/h4-9,12H,10-11H2,1-3H3,(H,17,20)/p+1. The largest absolute Gasteiger partial charge is 0.326 e. The number of thiophene rings is 1. The van der Waals surface area contributed by atoms with Crippen molar-refractivity contribution < 1.29 is 18.1 Å². The summed E-state index contributed by atoms with van der Waals surface area (Å²) in [7, 11) is 1.48. The Balaban J connectivity index is 1.92. The molecule has 0 radical (unpaired) electrons. The highest BCUT2D eigenvalue weighted by Gasteiger charge is 2.17. The minimum Gasteiger partial charge on any atom is -0.326 e. The molecule has 0 saturated carbocycles. The predicted molar refractivity (Wildman–Crippen MR) is 95.7 cm³/mol. The summed E-state index contributed by atoms with van der Waals surface area (Å²) in [5, 5.41) is 6.89. The Morgan fingerprint density at radius 3 is 2.42 bits per heavy atom. The van der Waals surface area contributed by atoms with Gasteiger partial charge in [-0.25, -0.2) is 12.7 Å². The van der Waals surface area contributed by atoms with Crippen LogP contribution in [0, 0.1) is 0 Å². The molecule has 1 heterocycles. The van der Waals surface area contributed by atoms with Crippen molar-refractivity contribution in [1.29, 1.82) is 0 Å². The number of nitrogens with zero attached hydrogens (tertiary/aromatic N) is 1. The molecular weight excluding hydrogens is 346 g/mol. The number of hydrogen-bond acceptors (Lipinski definition) is 4. The predicted octanol–water partition coefficient (Wildman–Crippen LogP) is 0.652. The van der Waals surface area contributed by atoms with Gasteiger partial charge >= 0.3 is 0 Å². The molecule has 0 aliphatic carbocycles. The van der Waals surface area contributed by atoms with Gasteiger partial charge in [-0.05, 0) is 41.1 Å². The van der Waals surface area contributed by atoms with E-state index in [9.17, 15) is 13.2 Å². The van der Waals surface area contributed by atoms with Crippen molar-refractivity contribution in [2.45, 2.75) is 11.4 Å². The highest BCUT2D eigenvalue weighted by molar-refractivity contribution is 7.89. The van der Waals surface area contributed by atoms with Gasteiger partial charge in [-0.3, -0.25) is 4.79 Å². The number of amides is 1. The Hall–Kier alpha value is -1.74. The maximum Gasteiger partial charge on any atom is 0.279 e. The molecular formula is C16H22N3O3S2+. The topological polar surface area (TPSA) is 70.9 Å². The van der Waals surface area contributed by atoms with E-state index in [0.29, 0.717) is 12.2 Å². The summed E-state index contributed by atoms with van der Waals surface area (Å²) < 4.78 is 25.2. The Bertz CT molecular complexity index is 769. The maximum absolute atomic E-state index is 12.1. The van der Waals surface area contributed by atoms with Gasteiger partial charge in [0.05, 0.1) is 11.9 Å². The van der Waals surface area contributed by atoms with Crippen LogP contribution in [-0.2, 0) is 21.4 Å². The van der Waals surface area contributed by atoms with Gasteiger partial charge in [0.2, 0.25) is 10.0 Å². The SMILES string of the molecule is CN(C)S(=O)(=O)c1ccc(NC(=O)C[NH+](C)Cc2ccsc2)cc1. The first-order chi connectivity index (χ1) is 11.3. The summed E-state index contributed by atoms with van der Waals surface area (Å²) in [5.41, 5.74) is 1.80. The fourth-order valence-electron chi connectivity index (χ4n) is 2.20. The third-order valence-corrected chi connectivity index (χ3v) is 6.03. The van der Waals surface area contributed by atoms with E-state index in [1.54, 1.807) is 23.5 Å². The van der Waals surface area contributed by atoms with Crippen LogP contribution >= 0.6 is 11.3 Å². The monoisotopic (exact) mass is 368 g/mol. The Morgan fingerprint density at radius 2 is 1.88 bits per heavy atom. The van der Waals surface area contributed by atoms with Crippen LogP contribution in [0.4, 0.5) is 5.69 Å². The molecule has 0 saturated heterocycles. The van der Waals surface area contributed by atoms with Crippen molar-refractivity contribution in [3.63, 3.8) is 0 Å². The van der Waals surface area contributed by atoms with E-state index in [0.717, 1.165) is 15.7 Å². The van der Waals surface area contributed by atoms with Gasteiger partial charge in [0.25, 0.3) is 5.91 Å². The van der Waals surface area contributed by atoms with Crippen LogP contribution in [0.3, 0.4) is 0 Å². The second-order valence-electron chi connectivity index (χ2n) is 5.80. The van der Waals surface area contributed by atoms with E-state index >= 15 is 0 Å². The third kappa shape index (κ3) is 4.88. The van der Waals surface area contributed by atoms with Crippen molar-refractivity contribution in [1.82, 2.24) is 4.31 Å². The Labute approximate surface area is 146 Å². The first-order valence-corrected chi connectivity index (χ1v) is 9.82. The molecule has 1 unspecified atom stereocenters. The first kappa shape index (κ1) is 18.6. The smallest absolute Gasteiger partial charge is 0.279 e. The minimum absolute atomic E-state index is 0.106. The molecule has 6 nitrogen and oxygen atoms in total. The molecule has 2 rings (SSSR count). The van der Waals surface area contributed by atoms with Crippen LogP contribution in [0.5, 0.6) is 0 Å². The highest BCUT2D eigenvalue weighted by Crippen LogP contribution is 2.16. The second kappa shape index (κ2) is 7.89. The van der Waals surface area contributed by atoms with Gasteiger partial charge in [0.15, 0.2) is 6.54 Å². The number of hydrogen-bond donors (Lipinski definition) is 2. The fraction of sp³-hybridized carbons (Fsp3) is 0.312. The van der Waals surface area contributed by atoms with Crippen molar-refractivity contribution in [3.8, 4) is 0 Å². The fourth-order valence-corrected chi connectivity index (χ4v) is 3.77. The van der Waals surface area contributed by atoms with Crippen molar-refractivity contribution in [3.05, 3.63) is 46.7 Å². The van der Waals surface area contributed by atoms with Crippen molar-refractivity contribution >= 4 is 33.0 Å². The zero-order chi connectivity index (χ0) is 17.7. The lowest BCUT2D eigenvalue weighted by Crippen LogP contribution is -3.08. The molecule has 0 aliphatic rings. The van der Waals surface area contributed by atoms with E-state index in [1.165, 1.54) is 31.8 Å². The first-order valence-electron chi connectivity index (χ1n) is 7.44. The normalized spacial score (nSPS) is 13.0. The Morgan fingerprint density at radius 1 is 1.21 bits per heavy atom. The van der Waals surface area contributed by atoms with Gasteiger partial charge in [-0.1, -0.05) is 0 Å². The van der Waals surface area contributed by atoms with E-state index in [4.69, 9.17) is 0 Å². The lowest BCUT2D eigenvalue weighted by molar-refractivity contribution is -0.885. The summed E-state index contributed by atoms with van der Waals surface area (Å²) in [6.45, 7) is 1.13. The molecule has 1 aromatic heterocycles. The van der Waals surface area contributed by atoms with Gasteiger partial charge in [-0.15, -0.1) is 0 Å². The molecule has 0 bridgehead atoms. The lowest BCUT2D eigenvalue weighted by atomic mass is 10.3. The molecule has 0 spiro atoms. The van der Waals surface area contributed by atoms with E-state index in [1.807, 2.05) is 12.4 Å². The molecule has 24 heavy (non-hydrogen) atoms. The molecule has 2 aromatic rings. The molecule has 1 amide bonds. The van der Waals surface area contributed by atoms with Gasteiger partial charge in [0.1, 0.15) is 6.54 Å². The number of likely N-dealkylation sites (N-methyl/N-ethyl adjacent to an activating group) is 1. The zero-order valence-corrected chi connectivity index (χ0v) is 15.6. The summed E-state index contributed by atoms with van der Waals surface area (Å²) >= 11 is 1.64. The van der Waals surface area contributed by atoms with Crippen LogP contribution in [-0.4, -0.2) is 46.3 Å². The van der Waals surface area contributed by atoms with Crippen LogP contribution in [0.2, 0.25) is 0 Å². The van der Waals surface area contributed by atoms with E-state index in [2.05, 4.69) is 16.8 Å². The Kier molecular flexibility index (Phi) is 6.11. The average molecular weight is 369 g/mol. The maximum atomic E-state index is 12.1. The van der Waals surface area contributed by atoms with Gasteiger partial charge < -0.3 is 10.2 Å². The zero-order valence-electron chi connectivity index (χ0n) is 13.9. The number of nitrogens with one attached hydrogen (secondary N) is 2. The van der Waals surface area contributed by atoms with Gasteiger partial charge in [-0.2, -0.15) is 11.3 Å². The number of carbonyl (C=O) groups is 1. The van der Waals surface area contributed by atoms with Crippen LogP contribution < -0.4 is 10.2 Å². The van der Waals surface area contributed by atoms with Crippen molar-refractivity contribution in [2.75, 3.05) is 33.0 Å². The van der Waals surface area contributed by atoms with Crippen molar-refractivity contribution in [2.24, 2.45) is 0 Å².